The van der Waals surface area contributed by atoms with Gasteiger partial charge in [0.2, 0.25) is 5.91 Å². The van der Waals surface area contributed by atoms with Gasteiger partial charge in [-0.2, -0.15) is 10.2 Å². The Morgan fingerprint density at radius 2 is 1.38 bits per heavy atom. The molecule has 8 heterocycles. The lowest BCUT2D eigenvalue weighted by Gasteiger charge is -2.21. The van der Waals surface area contributed by atoms with Gasteiger partial charge in [0.05, 0.1) is 69.6 Å². The van der Waals surface area contributed by atoms with Gasteiger partial charge in [-0.3, -0.25) is 39.4 Å². The lowest BCUT2D eigenvalue weighted by atomic mass is 10.0. The molecule has 0 fully saturated rings. The van der Waals surface area contributed by atoms with Gasteiger partial charge in [-0.15, -0.1) is 0 Å². The number of nitrogens with zero attached hydrogens (tertiary/aromatic N) is 12. The summed E-state index contributed by atoms with van der Waals surface area (Å²) in [5, 5.41) is 24.2. The van der Waals surface area contributed by atoms with Crippen molar-refractivity contribution < 1.29 is 4.79 Å². The van der Waals surface area contributed by atoms with Crippen molar-refractivity contribution in [3.8, 4) is 45.3 Å². The summed E-state index contributed by atoms with van der Waals surface area (Å²) >= 11 is 0. The Morgan fingerprint density at radius 1 is 0.690 bits per heavy atom. The first-order valence-corrected chi connectivity index (χ1v) is 23.7. The van der Waals surface area contributed by atoms with Crippen LogP contribution in [0.2, 0.25) is 0 Å². The molecule has 6 N–H and O–H groups in total. The van der Waals surface area contributed by atoms with Crippen LogP contribution in [0.15, 0.2) is 91.9 Å². The molecular weight excluding hydrogens is 893 g/mol. The highest BCUT2D eigenvalue weighted by Gasteiger charge is 2.22. The summed E-state index contributed by atoms with van der Waals surface area (Å²) < 4.78 is 1.88. The summed E-state index contributed by atoms with van der Waals surface area (Å²) in [6.07, 6.45) is 12.9. The number of aromatic amines is 3. The third kappa shape index (κ3) is 9.37. The number of rotatable bonds is 18. The monoisotopic (exact) mass is 951 g/mol. The molecule has 0 aliphatic carbocycles. The smallest absolute Gasteiger partial charge is 0.226 e. The Labute approximate surface area is 410 Å². The van der Waals surface area contributed by atoms with E-state index >= 15 is 0 Å². The topological polar surface area (TPSA) is 218 Å². The summed E-state index contributed by atoms with van der Waals surface area (Å²) in [6, 6.07) is 16.6. The molecule has 19 nitrogen and oxygen atoms in total. The quantitative estimate of drug-likeness (QED) is 0.0511. The molecule has 1 amide bonds. The van der Waals surface area contributed by atoms with Gasteiger partial charge < -0.3 is 35.7 Å². The van der Waals surface area contributed by atoms with E-state index in [9.17, 15) is 4.79 Å². The summed E-state index contributed by atoms with van der Waals surface area (Å²) in [4.78, 5) is 55.2. The molecule has 0 aliphatic heterocycles. The number of fused-ring (bicyclic) bond motifs is 4. The highest BCUT2D eigenvalue weighted by atomic mass is 16.1. The van der Waals surface area contributed by atoms with Crippen LogP contribution in [0.4, 0.5) is 17.1 Å². The van der Waals surface area contributed by atoms with E-state index in [1.807, 2.05) is 83.6 Å². The number of carbonyl (C=O) groups excluding carboxylic acids is 1. The van der Waals surface area contributed by atoms with Crippen LogP contribution < -0.4 is 25.8 Å². The predicted molar refractivity (Wildman–Crippen MR) is 282 cm³/mol. The Balaban J connectivity index is 0.930. The summed E-state index contributed by atoms with van der Waals surface area (Å²) in [7, 11) is 12.0. The van der Waals surface area contributed by atoms with Crippen LogP contribution in [-0.4, -0.2) is 132 Å². The van der Waals surface area contributed by atoms with Crippen LogP contribution in [0, 0.1) is 5.92 Å². The average molecular weight is 951 g/mol. The number of amides is 1. The molecule has 0 aliphatic rings. The number of nitrogens with one attached hydrogen (secondary N) is 6. The second kappa shape index (κ2) is 19.7. The third-order valence-electron chi connectivity index (χ3n) is 12.9. The SMILES string of the molecule is CNCCN(C)c1cncc2[nH]c(-c3n[nH]c4ccc(-c5cncc(CN(C)Cc6ncc(N(C)CCNC)c7[nH]c(-c8nn(C)c9ccc(-c%10cncc(NC(=O)C(C)C)c%10)cc89)nc67)c5)cc34)nc12. The van der Waals surface area contributed by atoms with Gasteiger partial charge in [0.1, 0.15) is 22.4 Å². The zero-order valence-corrected chi connectivity index (χ0v) is 41.3. The largest absolute Gasteiger partial charge is 0.370 e. The average Bonchev–Trinajstić information content (AvgIpc) is 4.19. The number of hydrogen-bond donors (Lipinski definition) is 6. The Bertz CT molecular complexity index is 3550. The second-order valence-electron chi connectivity index (χ2n) is 18.5. The van der Waals surface area contributed by atoms with Gasteiger partial charge >= 0.3 is 0 Å². The lowest BCUT2D eigenvalue weighted by molar-refractivity contribution is -0.118. The molecule has 10 rings (SSSR count). The zero-order chi connectivity index (χ0) is 49.3. The number of aryl methyl sites for hydroxylation is 1. The molecule has 0 atom stereocenters. The minimum Gasteiger partial charge on any atom is -0.370 e. The van der Waals surface area contributed by atoms with E-state index in [4.69, 9.17) is 30.1 Å². The van der Waals surface area contributed by atoms with Crippen molar-refractivity contribution in [3.63, 3.8) is 0 Å². The van der Waals surface area contributed by atoms with E-state index in [0.717, 1.165) is 126 Å². The molecule has 362 valence electrons. The Kier molecular flexibility index (Phi) is 12.9. The van der Waals surface area contributed by atoms with E-state index in [-0.39, 0.29) is 11.8 Å². The van der Waals surface area contributed by atoms with E-state index in [2.05, 4.69) is 106 Å². The van der Waals surface area contributed by atoms with Crippen molar-refractivity contribution in [2.45, 2.75) is 26.9 Å². The molecule has 2 aromatic carbocycles. The normalized spacial score (nSPS) is 11.9. The summed E-state index contributed by atoms with van der Waals surface area (Å²) in [5.74, 6) is 1.10. The molecule has 71 heavy (non-hydrogen) atoms. The van der Waals surface area contributed by atoms with Crippen LogP contribution in [0.3, 0.4) is 0 Å². The molecule has 0 saturated heterocycles. The predicted octanol–water partition coefficient (Wildman–Crippen LogP) is 6.99. The minimum absolute atomic E-state index is 0.0619. The fourth-order valence-electron chi connectivity index (χ4n) is 8.96. The number of carbonyl (C=O) groups is 1. The van der Waals surface area contributed by atoms with E-state index in [1.54, 1.807) is 18.6 Å². The maximum atomic E-state index is 12.5. The maximum Gasteiger partial charge on any atom is 0.226 e. The van der Waals surface area contributed by atoms with Crippen LogP contribution >= 0.6 is 0 Å². The fraction of sp³-hybridized carbons (Fsp3) is 0.288. The number of hydrogen-bond acceptors (Lipinski definition) is 14. The molecule has 10 aromatic rings. The number of anilines is 3. The lowest BCUT2D eigenvalue weighted by Crippen LogP contribution is -2.27. The van der Waals surface area contributed by atoms with Crippen molar-refractivity contribution in [2.75, 3.05) is 76.5 Å². The molecule has 0 spiro atoms. The number of pyridine rings is 4. The highest BCUT2D eigenvalue weighted by Crippen LogP contribution is 2.36. The highest BCUT2D eigenvalue weighted by molar-refractivity contribution is 6.00. The molecule has 19 heteroatoms. The molecule has 0 bridgehead atoms. The van der Waals surface area contributed by atoms with Gasteiger partial charge in [0.15, 0.2) is 11.6 Å². The zero-order valence-electron chi connectivity index (χ0n) is 41.3. The maximum absolute atomic E-state index is 12.5. The van der Waals surface area contributed by atoms with Gasteiger partial charge in [-0.1, -0.05) is 26.0 Å². The first-order chi connectivity index (χ1) is 34.5. The van der Waals surface area contributed by atoms with E-state index in [0.29, 0.717) is 30.4 Å². The van der Waals surface area contributed by atoms with Crippen molar-refractivity contribution in [3.05, 3.63) is 103 Å². The first-order valence-electron chi connectivity index (χ1n) is 23.7. The van der Waals surface area contributed by atoms with Crippen LogP contribution in [-0.2, 0) is 24.9 Å². The van der Waals surface area contributed by atoms with Gasteiger partial charge in [0, 0.05) is 107 Å². The van der Waals surface area contributed by atoms with E-state index < -0.39 is 0 Å². The van der Waals surface area contributed by atoms with Gasteiger partial charge in [-0.05, 0) is 74.2 Å². The van der Waals surface area contributed by atoms with Crippen molar-refractivity contribution >= 4 is 66.8 Å². The first kappa shape index (κ1) is 46.6. The molecule has 0 radical (unpaired) electrons. The summed E-state index contributed by atoms with van der Waals surface area (Å²) in [6.45, 7) is 8.11. The standard InChI is InChI=1S/C52H58N18O/c1-30(2)52(71)59-36-18-35(23-56-24-36)33-10-12-42-38(20-33)46(66-70(42)8)51-62-48-41(58-27-44(49(48)63-51)69(7)16-14-54-4)29-67(5)28-31-17-34(22-55-21-31)32-9-11-39-37(19-32)45(65-64-39)50-60-40-25-57-26-43(47(40)61-50)68(6)15-13-53-3/h9-12,17-27,30,53-54H,13-16,28-29H2,1-8H3,(H,59,71)(H,60,61)(H,62,63)(H,64,65). The van der Waals surface area contributed by atoms with Gasteiger partial charge in [-0.25, -0.2) is 9.97 Å². The van der Waals surface area contributed by atoms with Crippen LogP contribution in [0.5, 0.6) is 0 Å². The van der Waals surface area contributed by atoms with Gasteiger partial charge in [0.25, 0.3) is 0 Å². The molecule has 0 unspecified atom stereocenters. The van der Waals surface area contributed by atoms with Crippen LogP contribution in [0.25, 0.3) is 89.2 Å². The molecular formula is C52H58N18O. The number of imidazole rings is 2. The fourth-order valence-corrected chi connectivity index (χ4v) is 8.96. The van der Waals surface area contributed by atoms with Crippen molar-refractivity contribution in [1.29, 1.82) is 0 Å². The van der Waals surface area contributed by atoms with E-state index in [1.165, 1.54) is 0 Å². The number of aromatic nitrogens is 12. The minimum atomic E-state index is -0.151. The number of H-pyrrole nitrogens is 3. The molecule has 0 saturated carbocycles. The molecule has 8 aromatic heterocycles. The second-order valence-corrected chi connectivity index (χ2v) is 18.5. The Morgan fingerprint density at radius 3 is 2.15 bits per heavy atom. The number of likely N-dealkylation sites (N-methyl/N-ethyl adjacent to an activating group) is 4. The number of benzene rings is 2. The van der Waals surface area contributed by atoms with Crippen molar-refractivity contribution in [2.24, 2.45) is 13.0 Å². The van der Waals surface area contributed by atoms with Crippen molar-refractivity contribution in [1.82, 2.24) is 75.4 Å². The summed E-state index contributed by atoms with van der Waals surface area (Å²) in [5.41, 5.74) is 14.9. The van der Waals surface area contributed by atoms with Crippen LogP contribution in [0.1, 0.15) is 25.1 Å². The Hall–Kier alpha value is -8.13. The third-order valence-corrected chi connectivity index (χ3v) is 12.9.